The van der Waals surface area contributed by atoms with Crippen LogP contribution in [-0.2, 0) is 33.3 Å². The molecule has 2 atom stereocenters. The third-order valence-corrected chi connectivity index (χ3v) is 9.86. The Hall–Kier alpha value is -3.79. The Bertz CT molecular complexity index is 1350. The molecule has 0 bridgehead atoms. The fraction of sp³-hybridized carbons (Fsp3) is 0.648. The lowest BCUT2D eigenvalue weighted by molar-refractivity contribution is -0.870. The largest absolute Gasteiger partial charge is 0.477 e. The molecule has 0 heterocycles. The van der Waals surface area contributed by atoms with Crippen LogP contribution in [0.5, 0.6) is 0 Å². The Morgan fingerprint density at radius 3 is 1.43 bits per heavy atom. The van der Waals surface area contributed by atoms with Gasteiger partial charge in [0.1, 0.15) is 13.2 Å². The zero-order chi connectivity index (χ0) is 46.3. The Morgan fingerprint density at radius 2 is 0.952 bits per heavy atom. The summed E-state index contributed by atoms with van der Waals surface area (Å²) >= 11 is 0. The zero-order valence-electron chi connectivity index (χ0n) is 40.4. The molecule has 358 valence electrons. The Labute approximate surface area is 384 Å². The standard InChI is InChI=1S/C54H89NO8/c1-6-8-10-12-14-16-18-20-22-23-24-25-26-27-28-29-31-32-34-36-38-40-42-44-51(56)61-48-50(49-62-54(53(58)59)60-47-46-55(3,4)5)63-52(57)45-43-41-39-37-35-33-30-21-19-17-15-13-11-9-7-2/h9,11,15,17-18,20-21,23-24,26-27,30,35,37,41,43,50,54H,6-8,10,12-14,16,19,22,25,28-29,31-34,36,38-40,42,44-49H2,1-5H3/p+1/b11-9-,17-15-,20-18-,24-23-,27-26-,30-21-,37-35-,43-41-. The van der Waals surface area contributed by atoms with E-state index in [2.05, 4.69) is 92.8 Å². The molecule has 2 unspecified atom stereocenters. The van der Waals surface area contributed by atoms with Crippen LogP contribution in [0, 0.1) is 0 Å². The summed E-state index contributed by atoms with van der Waals surface area (Å²) in [5.74, 6) is -2.20. The van der Waals surface area contributed by atoms with Crippen molar-refractivity contribution in [3.05, 3.63) is 97.2 Å². The zero-order valence-corrected chi connectivity index (χ0v) is 40.4. The van der Waals surface area contributed by atoms with Crippen LogP contribution in [0.3, 0.4) is 0 Å². The lowest BCUT2D eigenvalue weighted by Crippen LogP contribution is -2.40. The predicted octanol–water partition coefficient (Wildman–Crippen LogP) is 13.4. The molecule has 0 aliphatic carbocycles. The van der Waals surface area contributed by atoms with E-state index in [0.717, 1.165) is 70.6 Å². The highest BCUT2D eigenvalue weighted by atomic mass is 16.7. The number of allylic oxidation sites excluding steroid dienone is 15. The van der Waals surface area contributed by atoms with Crippen molar-refractivity contribution in [1.29, 1.82) is 0 Å². The highest BCUT2D eigenvalue weighted by molar-refractivity contribution is 5.72. The SMILES string of the molecule is CC/C=C\C/C=C\C/C=C\C/C=C\C/C=C\CC(=O)OC(COC(=O)CCCCCCCCCC/C=C\C/C=C\C/C=C\CCCCCCC)COC(OCC[N+](C)(C)C)C(=O)O. The van der Waals surface area contributed by atoms with Crippen LogP contribution >= 0.6 is 0 Å². The van der Waals surface area contributed by atoms with Crippen LogP contribution in [0.4, 0.5) is 0 Å². The molecule has 9 heteroatoms. The minimum atomic E-state index is -1.54. The molecule has 0 aromatic carbocycles. The first-order valence-corrected chi connectivity index (χ1v) is 24.4. The fourth-order valence-electron chi connectivity index (χ4n) is 6.09. The molecule has 0 amide bonds. The second-order valence-electron chi connectivity index (χ2n) is 17.1. The number of hydrogen-bond donors (Lipinski definition) is 1. The van der Waals surface area contributed by atoms with Gasteiger partial charge < -0.3 is 28.5 Å². The topological polar surface area (TPSA) is 108 Å². The molecule has 0 rings (SSSR count). The summed E-state index contributed by atoms with van der Waals surface area (Å²) in [4.78, 5) is 37.1. The van der Waals surface area contributed by atoms with Crippen LogP contribution in [0.2, 0.25) is 0 Å². The van der Waals surface area contributed by atoms with Gasteiger partial charge in [0.25, 0.3) is 6.29 Å². The van der Waals surface area contributed by atoms with Crippen LogP contribution in [-0.4, -0.2) is 87.4 Å². The van der Waals surface area contributed by atoms with Crippen LogP contribution in [0.25, 0.3) is 0 Å². The Kier molecular flexibility index (Phi) is 42.1. The second kappa shape index (κ2) is 44.8. The monoisotopic (exact) mass is 881 g/mol. The summed E-state index contributed by atoms with van der Waals surface area (Å²) in [6.07, 6.45) is 56.5. The van der Waals surface area contributed by atoms with E-state index < -0.39 is 24.3 Å². The first-order chi connectivity index (χ1) is 30.6. The van der Waals surface area contributed by atoms with Gasteiger partial charge in [0.05, 0.1) is 40.8 Å². The molecular formula is C54H90NO8+. The maximum atomic E-state index is 12.7. The second-order valence-corrected chi connectivity index (χ2v) is 17.1. The summed E-state index contributed by atoms with van der Waals surface area (Å²) < 4.78 is 22.6. The number of aliphatic carboxylic acids is 1. The van der Waals surface area contributed by atoms with E-state index in [9.17, 15) is 19.5 Å². The van der Waals surface area contributed by atoms with Gasteiger partial charge in [-0.05, 0) is 77.0 Å². The highest BCUT2D eigenvalue weighted by Crippen LogP contribution is 2.13. The summed E-state index contributed by atoms with van der Waals surface area (Å²) in [6, 6.07) is 0. The minimum absolute atomic E-state index is 0.0209. The molecule has 0 aromatic heterocycles. The fourth-order valence-corrected chi connectivity index (χ4v) is 6.09. The van der Waals surface area contributed by atoms with Crippen LogP contribution < -0.4 is 0 Å². The van der Waals surface area contributed by atoms with Gasteiger partial charge in [0.2, 0.25) is 0 Å². The van der Waals surface area contributed by atoms with E-state index in [-0.39, 0.29) is 38.6 Å². The van der Waals surface area contributed by atoms with Crippen molar-refractivity contribution < 1.29 is 42.9 Å². The number of carbonyl (C=O) groups is 3. The van der Waals surface area contributed by atoms with Crippen molar-refractivity contribution in [1.82, 2.24) is 0 Å². The molecule has 0 radical (unpaired) electrons. The molecule has 0 fully saturated rings. The molecule has 1 N–H and O–H groups in total. The van der Waals surface area contributed by atoms with Gasteiger partial charge in [-0.25, -0.2) is 4.79 Å². The number of carboxylic acid groups (broad SMARTS) is 1. The number of carbonyl (C=O) groups excluding carboxylic acids is 2. The van der Waals surface area contributed by atoms with Gasteiger partial charge in [-0.15, -0.1) is 0 Å². The number of ether oxygens (including phenoxy) is 4. The molecule has 0 aromatic rings. The van der Waals surface area contributed by atoms with Gasteiger partial charge in [0, 0.05) is 6.42 Å². The van der Waals surface area contributed by atoms with E-state index in [1.165, 1.54) is 64.2 Å². The number of carboxylic acids is 1. The number of esters is 2. The number of nitrogens with zero attached hydrogens (tertiary/aromatic N) is 1. The average Bonchev–Trinajstić information content (AvgIpc) is 3.24. The first kappa shape index (κ1) is 59.2. The van der Waals surface area contributed by atoms with Crippen molar-refractivity contribution in [2.24, 2.45) is 0 Å². The number of unbranched alkanes of at least 4 members (excludes halogenated alkanes) is 13. The average molecular weight is 881 g/mol. The van der Waals surface area contributed by atoms with E-state index in [1.54, 1.807) is 6.08 Å². The van der Waals surface area contributed by atoms with Gasteiger partial charge in [0.15, 0.2) is 6.10 Å². The molecular weight excluding hydrogens is 791 g/mol. The number of likely N-dealkylation sites (N-methyl/N-ethyl adjacent to an activating group) is 1. The maximum absolute atomic E-state index is 12.7. The third kappa shape index (κ3) is 46.0. The summed E-state index contributed by atoms with van der Waals surface area (Å²) in [7, 11) is 5.92. The summed E-state index contributed by atoms with van der Waals surface area (Å²) in [6.45, 7) is 4.60. The minimum Gasteiger partial charge on any atom is -0.477 e. The molecule has 63 heavy (non-hydrogen) atoms. The smallest absolute Gasteiger partial charge is 0.361 e. The van der Waals surface area contributed by atoms with Crippen molar-refractivity contribution in [2.45, 2.75) is 180 Å². The van der Waals surface area contributed by atoms with Crippen molar-refractivity contribution in [3.63, 3.8) is 0 Å². The maximum Gasteiger partial charge on any atom is 0.361 e. The molecule has 0 aliphatic rings. The van der Waals surface area contributed by atoms with E-state index in [4.69, 9.17) is 18.9 Å². The molecule has 0 saturated heterocycles. The van der Waals surface area contributed by atoms with Crippen molar-refractivity contribution in [3.8, 4) is 0 Å². The van der Waals surface area contributed by atoms with Gasteiger partial charge in [-0.2, -0.15) is 0 Å². The van der Waals surface area contributed by atoms with Gasteiger partial charge in [-0.3, -0.25) is 9.59 Å². The van der Waals surface area contributed by atoms with E-state index >= 15 is 0 Å². The number of quaternary nitrogens is 1. The quantitative estimate of drug-likeness (QED) is 0.0212. The summed E-state index contributed by atoms with van der Waals surface area (Å²) in [5.41, 5.74) is 0. The number of rotatable bonds is 43. The van der Waals surface area contributed by atoms with E-state index in [1.807, 2.05) is 33.3 Å². The lowest BCUT2D eigenvalue weighted by atomic mass is 10.1. The Balaban J connectivity index is 4.47. The molecule has 0 aliphatic heterocycles. The highest BCUT2D eigenvalue weighted by Gasteiger charge is 2.25. The van der Waals surface area contributed by atoms with Gasteiger partial charge >= 0.3 is 17.9 Å². The van der Waals surface area contributed by atoms with Crippen molar-refractivity contribution in [2.75, 3.05) is 47.5 Å². The van der Waals surface area contributed by atoms with Crippen molar-refractivity contribution >= 4 is 17.9 Å². The van der Waals surface area contributed by atoms with Gasteiger partial charge in [-0.1, -0.05) is 175 Å². The summed E-state index contributed by atoms with van der Waals surface area (Å²) in [5, 5.41) is 9.64. The number of hydrogen-bond acceptors (Lipinski definition) is 7. The lowest BCUT2D eigenvalue weighted by Gasteiger charge is -2.25. The Morgan fingerprint density at radius 1 is 0.508 bits per heavy atom. The molecule has 0 spiro atoms. The van der Waals surface area contributed by atoms with Crippen LogP contribution in [0.1, 0.15) is 168 Å². The van der Waals surface area contributed by atoms with Crippen LogP contribution in [0.15, 0.2) is 97.2 Å². The normalized spacial score (nSPS) is 13.7. The third-order valence-electron chi connectivity index (χ3n) is 9.86. The van der Waals surface area contributed by atoms with E-state index in [0.29, 0.717) is 17.4 Å². The first-order valence-electron chi connectivity index (χ1n) is 24.4. The molecule has 0 saturated carbocycles. The molecule has 9 nitrogen and oxygen atoms in total. The predicted molar refractivity (Wildman–Crippen MR) is 262 cm³/mol.